The Morgan fingerprint density at radius 3 is 2.54 bits per heavy atom. The number of ether oxygens (including phenoxy) is 2. The van der Waals surface area contributed by atoms with Crippen molar-refractivity contribution in [3.63, 3.8) is 0 Å². The van der Waals surface area contributed by atoms with Gasteiger partial charge in [0.1, 0.15) is 12.6 Å². The van der Waals surface area contributed by atoms with E-state index < -0.39 is 12.0 Å². The van der Waals surface area contributed by atoms with Gasteiger partial charge in [0.15, 0.2) is 11.5 Å². The number of hydrogen-bond acceptors (Lipinski definition) is 4. The lowest BCUT2D eigenvalue weighted by atomic mass is 10.1. The quantitative estimate of drug-likeness (QED) is 0.779. The van der Waals surface area contributed by atoms with Gasteiger partial charge in [0.05, 0.1) is 7.11 Å². The van der Waals surface area contributed by atoms with Gasteiger partial charge in [0, 0.05) is 12.1 Å². The second-order valence-corrected chi connectivity index (χ2v) is 5.66. The monoisotopic (exact) mass is 329 g/mol. The van der Waals surface area contributed by atoms with Gasteiger partial charge in [-0.3, -0.25) is 4.79 Å². The van der Waals surface area contributed by atoms with E-state index in [1.54, 1.807) is 14.0 Å². The van der Waals surface area contributed by atoms with Crippen LogP contribution in [0.2, 0.25) is 0 Å². The first kappa shape index (κ1) is 17.8. The molecule has 5 nitrogen and oxygen atoms in total. The molecule has 0 fully saturated rings. The van der Waals surface area contributed by atoms with Gasteiger partial charge in [-0.1, -0.05) is 42.0 Å². The highest BCUT2D eigenvalue weighted by molar-refractivity contribution is 5.72. The fourth-order valence-corrected chi connectivity index (χ4v) is 2.22. The van der Waals surface area contributed by atoms with E-state index >= 15 is 0 Å². The molecule has 2 aromatic rings. The lowest BCUT2D eigenvalue weighted by Crippen LogP contribution is -2.33. The number of carboxylic acids is 1. The summed E-state index contributed by atoms with van der Waals surface area (Å²) in [5, 5.41) is 11.9. The second-order valence-electron chi connectivity index (χ2n) is 5.66. The molecule has 2 rings (SSSR count). The lowest BCUT2D eigenvalue weighted by molar-refractivity contribution is -0.139. The van der Waals surface area contributed by atoms with E-state index in [0.717, 1.165) is 11.1 Å². The molecule has 0 radical (unpaired) electrons. The summed E-state index contributed by atoms with van der Waals surface area (Å²) in [5.74, 6) is 0.370. The highest BCUT2D eigenvalue weighted by Gasteiger charge is 2.14. The molecule has 0 saturated heterocycles. The zero-order chi connectivity index (χ0) is 17.5. The van der Waals surface area contributed by atoms with E-state index in [-0.39, 0.29) is 0 Å². The number of nitrogens with one attached hydrogen (secondary N) is 1. The van der Waals surface area contributed by atoms with E-state index in [2.05, 4.69) is 5.32 Å². The predicted octanol–water partition coefficient (Wildman–Crippen LogP) is 3.15. The van der Waals surface area contributed by atoms with Gasteiger partial charge < -0.3 is 19.9 Å². The fourth-order valence-electron chi connectivity index (χ4n) is 2.22. The molecule has 0 aliphatic carbocycles. The minimum absolute atomic E-state index is 0.383. The van der Waals surface area contributed by atoms with Gasteiger partial charge in [-0.15, -0.1) is 0 Å². The number of para-hydroxylation sites is 1. The Bertz CT molecular complexity index is 682. The van der Waals surface area contributed by atoms with Gasteiger partial charge in [-0.05, 0) is 25.5 Å². The van der Waals surface area contributed by atoms with E-state index in [1.165, 1.54) is 5.56 Å². The third kappa shape index (κ3) is 4.73. The van der Waals surface area contributed by atoms with Gasteiger partial charge in [0.2, 0.25) is 0 Å². The molecule has 0 spiro atoms. The summed E-state index contributed by atoms with van der Waals surface area (Å²) in [7, 11) is 1.59. The molecule has 0 aliphatic rings. The minimum atomic E-state index is -0.889. The highest BCUT2D eigenvalue weighted by atomic mass is 16.5. The van der Waals surface area contributed by atoms with Gasteiger partial charge >= 0.3 is 5.97 Å². The molecule has 0 bridgehead atoms. The Balaban J connectivity index is 2.13. The molecular weight excluding hydrogens is 306 g/mol. The van der Waals surface area contributed by atoms with Crippen molar-refractivity contribution in [1.29, 1.82) is 0 Å². The SMILES string of the molecule is COc1cccc(CNC(C)C(=O)O)c1OCc1ccc(C)cc1. The van der Waals surface area contributed by atoms with E-state index in [9.17, 15) is 4.79 Å². The molecule has 0 saturated carbocycles. The largest absolute Gasteiger partial charge is 0.493 e. The van der Waals surface area contributed by atoms with Crippen LogP contribution in [-0.2, 0) is 17.9 Å². The van der Waals surface area contributed by atoms with Crippen LogP contribution < -0.4 is 14.8 Å². The van der Waals surface area contributed by atoms with Gasteiger partial charge in [-0.25, -0.2) is 0 Å². The van der Waals surface area contributed by atoms with Gasteiger partial charge in [0.25, 0.3) is 0 Å². The van der Waals surface area contributed by atoms with E-state index in [1.807, 2.05) is 49.4 Å². The molecule has 128 valence electrons. The van der Waals surface area contributed by atoms with Crippen LogP contribution >= 0.6 is 0 Å². The Morgan fingerprint density at radius 2 is 1.92 bits per heavy atom. The number of aliphatic carboxylic acids is 1. The van der Waals surface area contributed by atoms with Crippen molar-refractivity contribution < 1.29 is 19.4 Å². The summed E-state index contributed by atoms with van der Waals surface area (Å²) in [6.45, 7) is 4.45. The molecule has 2 aromatic carbocycles. The second kappa shape index (κ2) is 8.36. The first-order valence-electron chi connectivity index (χ1n) is 7.81. The summed E-state index contributed by atoms with van der Waals surface area (Å²) in [6, 6.07) is 13.1. The first-order valence-corrected chi connectivity index (χ1v) is 7.81. The average Bonchev–Trinajstić information content (AvgIpc) is 2.59. The third-order valence-electron chi connectivity index (χ3n) is 3.75. The highest BCUT2D eigenvalue weighted by Crippen LogP contribution is 2.31. The number of methoxy groups -OCH3 is 1. The molecule has 0 aliphatic heterocycles. The number of carboxylic acid groups (broad SMARTS) is 1. The molecule has 2 N–H and O–H groups in total. The Morgan fingerprint density at radius 1 is 1.21 bits per heavy atom. The smallest absolute Gasteiger partial charge is 0.320 e. The Hall–Kier alpha value is -2.53. The maximum absolute atomic E-state index is 10.9. The van der Waals surface area contributed by atoms with Crippen molar-refractivity contribution in [2.75, 3.05) is 7.11 Å². The molecule has 0 amide bonds. The predicted molar refractivity (Wildman–Crippen MR) is 92.4 cm³/mol. The summed E-state index contributed by atoms with van der Waals surface area (Å²) in [6.07, 6.45) is 0. The van der Waals surface area contributed by atoms with Crippen LogP contribution in [0.4, 0.5) is 0 Å². The Kier molecular flexibility index (Phi) is 6.21. The van der Waals surface area contributed by atoms with Crippen molar-refractivity contribution in [3.8, 4) is 11.5 Å². The van der Waals surface area contributed by atoms with Crippen LogP contribution in [0.3, 0.4) is 0 Å². The summed E-state index contributed by atoms with van der Waals surface area (Å²) < 4.78 is 11.3. The van der Waals surface area contributed by atoms with Gasteiger partial charge in [-0.2, -0.15) is 0 Å². The number of carbonyl (C=O) groups is 1. The number of rotatable bonds is 8. The third-order valence-corrected chi connectivity index (χ3v) is 3.75. The van der Waals surface area contributed by atoms with Crippen molar-refractivity contribution >= 4 is 5.97 Å². The first-order chi connectivity index (χ1) is 11.5. The summed E-state index contributed by atoms with van der Waals surface area (Å²) >= 11 is 0. The van der Waals surface area contributed by atoms with Crippen LogP contribution in [0.5, 0.6) is 11.5 Å². The average molecular weight is 329 g/mol. The zero-order valence-electron chi connectivity index (χ0n) is 14.2. The van der Waals surface area contributed by atoms with Crippen molar-refractivity contribution in [3.05, 3.63) is 59.2 Å². The Labute approximate surface area is 142 Å². The molecule has 24 heavy (non-hydrogen) atoms. The molecule has 5 heteroatoms. The standard InChI is InChI=1S/C19H23NO4/c1-13-7-9-15(10-8-13)12-24-18-16(5-4-6-17(18)23-3)11-20-14(2)19(21)22/h4-10,14,20H,11-12H2,1-3H3,(H,21,22). The lowest BCUT2D eigenvalue weighted by Gasteiger charge is -2.17. The maximum Gasteiger partial charge on any atom is 0.320 e. The summed E-state index contributed by atoms with van der Waals surface area (Å²) in [4.78, 5) is 10.9. The van der Waals surface area contributed by atoms with Crippen LogP contribution in [0.25, 0.3) is 0 Å². The van der Waals surface area contributed by atoms with Crippen LogP contribution in [0, 0.1) is 6.92 Å². The molecular formula is C19H23NO4. The van der Waals surface area contributed by atoms with Crippen molar-refractivity contribution in [2.45, 2.75) is 33.0 Å². The van der Waals surface area contributed by atoms with Crippen LogP contribution in [0.1, 0.15) is 23.6 Å². The van der Waals surface area contributed by atoms with Crippen LogP contribution in [-0.4, -0.2) is 24.2 Å². The van der Waals surface area contributed by atoms with Crippen molar-refractivity contribution in [1.82, 2.24) is 5.32 Å². The number of hydrogen-bond donors (Lipinski definition) is 2. The summed E-state index contributed by atoms with van der Waals surface area (Å²) in [5.41, 5.74) is 3.11. The molecule has 0 aromatic heterocycles. The number of aryl methyl sites for hydroxylation is 1. The van der Waals surface area contributed by atoms with E-state index in [0.29, 0.717) is 24.7 Å². The molecule has 1 atom stereocenters. The molecule has 1 unspecified atom stereocenters. The van der Waals surface area contributed by atoms with E-state index in [4.69, 9.17) is 14.6 Å². The number of benzene rings is 2. The fraction of sp³-hybridized carbons (Fsp3) is 0.316. The topological polar surface area (TPSA) is 67.8 Å². The molecule has 0 heterocycles. The minimum Gasteiger partial charge on any atom is -0.493 e. The zero-order valence-corrected chi connectivity index (χ0v) is 14.2. The van der Waals surface area contributed by atoms with Crippen molar-refractivity contribution in [2.24, 2.45) is 0 Å². The van der Waals surface area contributed by atoms with Crippen LogP contribution in [0.15, 0.2) is 42.5 Å². The normalized spacial score (nSPS) is 11.8. The maximum atomic E-state index is 10.9.